The van der Waals surface area contributed by atoms with E-state index in [2.05, 4.69) is 14.8 Å². The van der Waals surface area contributed by atoms with Crippen molar-refractivity contribution in [1.82, 2.24) is 9.88 Å². The molecule has 24 heavy (non-hydrogen) atoms. The van der Waals surface area contributed by atoms with Crippen molar-refractivity contribution in [3.63, 3.8) is 0 Å². The summed E-state index contributed by atoms with van der Waals surface area (Å²) in [4.78, 5) is 8.95. The lowest BCUT2D eigenvalue weighted by atomic mass is 10.1. The van der Waals surface area contributed by atoms with Crippen LogP contribution in [0.15, 0.2) is 18.2 Å². The van der Waals surface area contributed by atoms with Gasteiger partial charge >= 0.3 is 0 Å². The molecule has 2 aliphatic heterocycles. The monoisotopic (exact) mass is 333 g/mol. The number of morpholine rings is 1. The van der Waals surface area contributed by atoms with Crippen molar-refractivity contribution in [2.24, 2.45) is 0 Å². The molecule has 0 spiro atoms. The number of hydrogen-bond donors (Lipinski definition) is 0. The summed E-state index contributed by atoms with van der Waals surface area (Å²) in [5, 5.41) is 0.683. The first-order valence-corrected chi connectivity index (χ1v) is 8.45. The van der Waals surface area contributed by atoms with E-state index in [1.807, 2.05) is 13.0 Å². The highest BCUT2D eigenvalue weighted by atomic mass is 19.2. The van der Waals surface area contributed by atoms with Crippen molar-refractivity contribution >= 4 is 16.6 Å². The number of pyridine rings is 1. The van der Waals surface area contributed by atoms with E-state index in [1.165, 1.54) is 6.07 Å². The Balaban J connectivity index is 1.66. The van der Waals surface area contributed by atoms with Gasteiger partial charge in [0.15, 0.2) is 11.6 Å². The Bertz CT molecular complexity index is 762. The summed E-state index contributed by atoms with van der Waals surface area (Å²) < 4.78 is 33.1. The number of hydrogen-bond acceptors (Lipinski definition) is 4. The molecule has 4 nitrogen and oxygen atoms in total. The molecule has 128 valence electrons. The molecule has 1 atom stereocenters. The molecule has 1 aromatic heterocycles. The predicted molar refractivity (Wildman–Crippen MR) is 89.4 cm³/mol. The van der Waals surface area contributed by atoms with Crippen LogP contribution in [0, 0.1) is 18.6 Å². The van der Waals surface area contributed by atoms with E-state index in [1.54, 1.807) is 6.07 Å². The molecule has 0 saturated carbocycles. The highest BCUT2D eigenvalue weighted by Gasteiger charge is 2.30. The fourth-order valence-corrected chi connectivity index (χ4v) is 3.80. The van der Waals surface area contributed by atoms with E-state index in [0.717, 1.165) is 51.5 Å². The molecule has 2 aromatic rings. The van der Waals surface area contributed by atoms with Gasteiger partial charge in [-0.2, -0.15) is 0 Å². The number of anilines is 1. The Hall–Kier alpha value is -1.79. The van der Waals surface area contributed by atoms with Gasteiger partial charge in [0.25, 0.3) is 0 Å². The van der Waals surface area contributed by atoms with E-state index >= 15 is 0 Å². The van der Waals surface area contributed by atoms with Gasteiger partial charge in [-0.05, 0) is 31.5 Å². The number of benzene rings is 1. The van der Waals surface area contributed by atoms with Crippen LogP contribution in [0.1, 0.15) is 12.1 Å². The molecule has 0 radical (unpaired) electrons. The highest BCUT2D eigenvalue weighted by molar-refractivity contribution is 5.92. The van der Waals surface area contributed by atoms with E-state index in [0.29, 0.717) is 17.1 Å². The van der Waals surface area contributed by atoms with E-state index < -0.39 is 11.6 Å². The van der Waals surface area contributed by atoms with Gasteiger partial charge in [-0.15, -0.1) is 0 Å². The second-order valence-corrected chi connectivity index (χ2v) is 6.58. The minimum Gasteiger partial charge on any atom is -0.379 e. The zero-order valence-corrected chi connectivity index (χ0v) is 13.8. The Labute approximate surface area is 140 Å². The Morgan fingerprint density at radius 3 is 2.75 bits per heavy atom. The van der Waals surface area contributed by atoms with Crippen LogP contribution in [0.5, 0.6) is 0 Å². The fourth-order valence-electron chi connectivity index (χ4n) is 3.80. The molecule has 0 amide bonds. The van der Waals surface area contributed by atoms with Crippen molar-refractivity contribution in [2.45, 2.75) is 19.4 Å². The minimum atomic E-state index is -0.860. The second kappa shape index (κ2) is 6.26. The lowest BCUT2D eigenvalue weighted by Gasteiger charge is -2.32. The molecule has 0 bridgehead atoms. The van der Waals surface area contributed by atoms with E-state index in [4.69, 9.17) is 4.74 Å². The zero-order valence-electron chi connectivity index (χ0n) is 13.8. The van der Waals surface area contributed by atoms with Crippen LogP contribution in [0.25, 0.3) is 10.9 Å². The summed E-state index contributed by atoms with van der Waals surface area (Å²) in [5.41, 5.74) is 1.78. The number of aromatic nitrogens is 1. The Kier molecular flexibility index (Phi) is 4.10. The molecule has 2 saturated heterocycles. The number of aryl methyl sites for hydroxylation is 1. The molecular weight excluding hydrogens is 312 g/mol. The Morgan fingerprint density at radius 1 is 1.17 bits per heavy atom. The van der Waals surface area contributed by atoms with Crippen LogP contribution in [0.2, 0.25) is 0 Å². The highest BCUT2D eigenvalue weighted by Crippen LogP contribution is 2.32. The van der Waals surface area contributed by atoms with Crippen molar-refractivity contribution in [3.05, 3.63) is 35.5 Å². The van der Waals surface area contributed by atoms with E-state index in [9.17, 15) is 8.78 Å². The molecular formula is C18H21F2N3O. The molecule has 4 rings (SSSR count). The third kappa shape index (κ3) is 2.74. The summed E-state index contributed by atoms with van der Waals surface area (Å²) in [6, 6.07) is 5.29. The molecule has 1 aromatic carbocycles. The average molecular weight is 333 g/mol. The molecule has 0 N–H and O–H groups in total. The Morgan fingerprint density at radius 2 is 1.96 bits per heavy atom. The fraction of sp³-hybridized carbons (Fsp3) is 0.500. The smallest absolute Gasteiger partial charge is 0.185 e. The summed E-state index contributed by atoms with van der Waals surface area (Å²) in [6.07, 6.45) is 1.08. The quantitative estimate of drug-likeness (QED) is 0.845. The summed E-state index contributed by atoms with van der Waals surface area (Å²) in [7, 11) is 0. The lowest BCUT2D eigenvalue weighted by Crippen LogP contribution is -2.44. The van der Waals surface area contributed by atoms with Gasteiger partial charge in [0.05, 0.1) is 13.2 Å². The second-order valence-electron chi connectivity index (χ2n) is 6.58. The maximum Gasteiger partial charge on any atom is 0.185 e. The predicted octanol–water partition coefficient (Wildman–Crippen LogP) is 2.73. The molecule has 2 aliphatic rings. The molecule has 0 aliphatic carbocycles. The van der Waals surface area contributed by atoms with Gasteiger partial charge in [-0.1, -0.05) is 0 Å². The van der Waals surface area contributed by atoms with Crippen LogP contribution in [0.3, 0.4) is 0 Å². The van der Waals surface area contributed by atoms with Gasteiger partial charge in [0.2, 0.25) is 0 Å². The molecule has 0 unspecified atom stereocenters. The topological polar surface area (TPSA) is 28.6 Å². The number of rotatable bonds is 2. The maximum absolute atomic E-state index is 14.1. The third-order valence-corrected chi connectivity index (χ3v) is 5.04. The number of nitrogens with zero attached hydrogens (tertiary/aromatic N) is 3. The molecule has 6 heteroatoms. The van der Waals surface area contributed by atoms with Gasteiger partial charge in [-0.25, -0.2) is 13.8 Å². The summed E-state index contributed by atoms with van der Waals surface area (Å²) in [6.45, 7) is 7.15. The first-order chi connectivity index (χ1) is 11.6. The van der Waals surface area contributed by atoms with Gasteiger partial charge < -0.3 is 9.64 Å². The zero-order chi connectivity index (χ0) is 16.7. The van der Waals surface area contributed by atoms with Crippen LogP contribution < -0.4 is 4.90 Å². The van der Waals surface area contributed by atoms with Crippen LogP contribution in [0.4, 0.5) is 14.5 Å². The van der Waals surface area contributed by atoms with Crippen molar-refractivity contribution < 1.29 is 13.5 Å². The first-order valence-electron chi connectivity index (χ1n) is 8.45. The summed E-state index contributed by atoms with van der Waals surface area (Å²) >= 11 is 0. The normalized spacial score (nSPS) is 22.5. The van der Waals surface area contributed by atoms with Gasteiger partial charge in [-0.3, -0.25) is 4.90 Å². The first kappa shape index (κ1) is 15.7. The number of fused-ring (bicyclic) bond motifs is 1. The van der Waals surface area contributed by atoms with Crippen molar-refractivity contribution in [3.8, 4) is 0 Å². The average Bonchev–Trinajstić information content (AvgIpc) is 3.09. The third-order valence-electron chi connectivity index (χ3n) is 5.04. The largest absolute Gasteiger partial charge is 0.379 e. The minimum absolute atomic E-state index is 0.125. The number of ether oxygens (including phenoxy) is 1. The van der Waals surface area contributed by atoms with Crippen molar-refractivity contribution in [2.75, 3.05) is 44.3 Å². The van der Waals surface area contributed by atoms with Gasteiger partial charge in [0, 0.05) is 49.0 Å². The summed E-state index contributed by atoms with van der Waals surface area (Å²) in [5.74, 6) is -1.71. The number of halogens is 2. The maximum atomic E-state index is 14.1. The SMILES string of the molecule is Cc1cc(N2CC[C@@H](N3CCOCC3)C2)c2ccc(F)c(F)c2n1. The van der Waals surface area contributed by atoms with Crippen LogP contribution in [-0.2, 0) is 4.74 Å². The van der Waals surface area contributed by atoms with Crippen LogP contribution >= 0.6 is 0 Å². The standard InChI is InChI=1S/C18H21F2N3O/c1-12-10-16(14-2-3-15(19)17(20)18(14)21-12)23-5-4-13(11-23)22-6-8-24-9-7-22/h2-3,10,13H,4-9,11H2,1H3/t13-/m1/s1. The van der Waals surface area contributed by atoms with Crippen LogP contribution in [-0.4, -0.2) is 55.3 Å². The van der Waals surface area contributed by atoms with Gasteiger partial charge in [0.1, 0.15) is 5.52 Å². The molecule has 3 heterocycles. The van der Waals surface area contributed by atoms with E-state index in [-0.39, 0.29) is 5.52 Å². The lowest BCUT2D eigenvalue weighted by molar-refractivity contribution is 0.0209. The van der Waals surface area contributed by atoms with Crippen molar-refractivity contribution in [1.29, 1.82) is 0 Å². The molecule has 2 fully saturated rings.